The topological polar surface area (TPSA) is 83.8 Å². The second-order valence-corrected chi connectivity index (χ2v) is 12.2. The zero-order valence-electron chi connectivity index (χ0n) is 25.3. The Balaban J connectivity index is 1.47. The molecule has 5 heteroatoms. The Labute approximate surface area is 246 Å². The molecule has 0 heterocycles. The second-order valence-electron chi connectivity index (χ2n) is 12.2. The first kappa shape index (κ1) is 31.4. The van der Waals surface area contributed by atoms with Crippen LogP contribution in [0.3, 0.4) is 0 Å². The Morgan fingerprint density at radius 3 is 1.34 bits per heavy atom. The number of hydrogen-bond donors (Lipinski definition) is 2. The molecule has 2 aliphatic rings. The molecule has 2 unspecified atom stereocenters. The Kier molecular flexibility index (Phi) is 12.0. The quantitative estimate of drug-likeness (QED) is 0.179. The van der Waals surface area contributed by atoms with Gasteiger partial charge in [-0.15, -0.1) is 0 Å². The number of fused-ring (bicyclic) bond motifs is 2. The predicted molar refractivity (Wildman–Crippen MR) is 164 cm³/mol. The zero-order valence-corrected chi connectivity index (χ0v) is 25.3. The largest absolute Gasteiger partial charge is 0.456 e. The number of aliphatic hydroxyl groups excluding tert-OH is 2. The highest BCUT2D eigenvalue weighted by atomic mass is 16.5. The van der Waals surface area contributed by atoms with Gasteiger partial charge in [-0.2, -0.15) is 0 Å². The fraction of sp³-hybridized carbons (Fsp3) is 0.611. The Bertz CT molecular complexity index is 1090. The van der Waals surface area contributed by atoms with Crippen molar-refractivity contribution in [2.45, 2.75) is 142 Å². The average molecular weight is 563 g/mol. The van der Waals surface area contributed by atoms with E-state index in [0.29, 0.717) is 35.5 Å². The van der Waals surface area contributed by atoms with Crippen molar-refractivity contribution in [1.82, 2.24) is 0 Å². The molecule has 4 rings (SSSR count). The summed E-state index contributed by atoms with van der Waals surface area (Å²) in [6, 6.07) is 7.67. The number of carbonyl (C=O) groups is 2. The van der Waals surface area contributed by atoms with Crippen LogP contribution in [0.5, 0.6) is 11.5 Å². The van der Waals surface area contributed by atoms with Crippen LogP contribution in [-0.4, -0.2) is 34.0 Å². The van der Waals surface area contributed by atoms with Gasteiger partial charge in [0, 0.05) is 12.8 Å². The summed E-state index contributed by atoms with van der Waals surface area (Å²) in [6.07, 6.45) is 17.4. The Morgan fingerprint density at radius 1 is 0.585 bits per heavy atom. The molecule has 2 aromatic rings. The van der Waals surface area contributed by atoms with E-state index in [1.165, 1.54) is 64.2 Å². The van der Waals surface area contributed by atoms with Crippen LogP contribution in [0.4, 0.5) is 0 Å². The lowest BCUT2D eigenvalue weighted by atomic mass is 9.96. The monoisotopic (exact) mass is 562 g/mol. The van der Waals surface area contributed by atoms with Gasteiger partial charge in [-0.3, -0.25) is 9.59 Å². The minimum atomic E-state index is -1.05. The molecule has 0 aliphatic heterocycles. The van der Waals surface area contributed by atoms with Gasteiger partial charge in [0.2, 0.25) is 0 Å². The lowest BCUT2D eigenvalue weighted by molar-refractivity contribution is 0.0777. The Morgan fingerprint density at radius 2 is 0.951 bits per heavy atom. The molecule has 0 fully saturated rings. The molecular formula is C36H50O5. The summed E-state index contributed by atoms with van der Waals surface area (Å²) in [6.45, 7) is 4.45. The van der Waals surface area contributed by atoms with E-state index in [-0.39, 0.29) is 11.6 Å². The standard InChI is InChI=1S/C36H50O5/c1-3-5-7-9-11-13-15-17-25-19-21-31(33-27(25)23-29(37)35(33)39)41-32-22-20-26(18-16-14-12-10-8-6-4-2)28-24-30(38)36(40)34(28)32/h19-22,29-30,37-38H,3-18,23-24H2,1-2H3. The number of unbranched alkanes of at least 4 members (excludes halogenated alkanes) is 12. The van der Waals surface area contributed by atoms with E-state index in [4.69, 9.17) is 4.74 Å². The van der Waals surface area contributed by atoms with Crippen LogP contribution in [0.1, 0.15) is 147 Å². The summed E-state index contributed by atoms with van der Waals surface area (Å²) in [7, 11) is 0. The van der Waals surface area contributed by atoms with Gasteiger partial charge in [0.05, 0.1) is 11.1 Å². The first-order valence-electron chi connectivity index (χ1n) is 16.4. The van der Waals surface area contributed by atoms with Crippen LogP contribution in [-0.2, 0) is 25.7 Å². The number of ketones is 2. The molecule has 2 atom stereocenters. The van der Waals surface area contributed by atoms with Crippen LogP contribution < -0.4 is 4.74 Å². The van der Waals surface area contributed by atoms with Gasteiger partial charge >= 0.3 is 0 Å². The number of hydrogen-bond acceptors (Lipinski definition) is 5. The van der Waals surface area contributed by atoms with Crippen molar-refractivity contribution in [3.8, 4) is 11.5 Å². The maximum absolute atomic E-state index is 13.0. The molecule has 0 saturated carbocycles. The molecule has 2 aliphatic carbocycles. The molecule has 41 heavy (non-hydrogen) atoms. The van der Waals surface area contributed by atoms with Crippen molar-refractivity contribution in [3.05, 3.63) is 57.6 Å². The summed E-state index contributed by atoms with van der Waals surface area (Å²) in [4.78, 5) is 26.1. The molecular weight excluding hydrogens is 512 g/mol. The van der Waals surface area contributed by atoms with Crippen LogP contribution >= 0.6 is 0 Å². The SMILES string of the molecule is CCCCCCCCCc1ccc(Oc2ccc(CCCCCCCCC)c3c2C(=O)C(O)C3)c2c1CC(O)C2=O. The molecule has 224 valence electrons. The molecule has 2 aromatic carbocycles. The maximum atomic E-state index is 13.0. The summed E-state index contributed by atoms with van der Waals surface area (Å²) in [5.41, 5.74) is 4.86. The second kappa shape index (κ2) is 15.7. The molecule has 2 N–H and O–H groups in total. The van der Waals surface area contributed by atoms with Crippen molar-refractivity contribution >= 4 is 11.6 Å². The number of aliphatic hydroxyl groups is 2. The molecule has 0 radical (unpaired) electrons. The van der Waals surface area contributed by atoms with Gasteiger partial charge in [0.15, 0.2) is 11.6 Å². The highest BCUT2D eigenvalue weighted by Gasteiger charge is 2.37. The lowest BCUT2D eigenvalue weighted by Crippen LogP contribution is -2.15. The van der Waals surface area contributed by atoms with Gasteiger partial charge in [0.25, 0.3) is 0 Å². The molecule has 0 saturated heterocycles. The summed E-state index contributed by atoms with van der Waals surface area (Å²) in [5.74, 6) is 0.159. The van der Waals surface area contributed by atoms with Crippen LogP contribution in [0, 0.1) is 0 Å². The third kappa shape index (κ3) is 7.87. The van der Waals surface area contributed by atoms with Crippen molar-refractivity contribution in [1.29, 1.82) is 0 Å². The number of Topliss-reactive ketones (excluding diaryl/α,β-unsaturated/α-hetero) is 2. The van der Waals surface area contributed by atoms with Gasteiger partial charge in [-0.25, -0.2) is 0 Å². The highest BCUT2D eigenvalue weighted by Crippen LogP contribution is 2.41. The first-order chi connectivity index (χ1) is 20.0. The van der Waals surface area contributed by atoms with Crippen LogP contribution in [0.2, 0.25) is 0 Å². The van der Waals surface area contributed by atoms with Crippen molar-refractivity contribution < 1.29 is 24.5 Å². The number of rotatable bonds is 18. The number of benzene rings is 2. The Hall–Kier alpha value is -2.50. The highest BCUT2D eigenvalue weighted by molar-refractivity contribution is 6.08. The average Bonchev–Trinajstić information content (AvgIpc) is 3.44. The van der Waals surface area contributed by atoms with E-state index >= 15 is 0 Å². The van der Waals surface area contributed by atoms with Crippen LogP contribution in [0.15, 0.2) is 24.3 Å². The smallest absolute Gasteiger partial charge is 0.195 e. The third-order valence-electron chi connectivity index (χ3n) is 8.96. The van der Waals surface area contributed by atoms with E-state index < -0.39 is 12.2 Å². The number of aryl methyl sites for hydroxylation is 2. The lowest BCUT2D eigenvalue weighted by Gasteiger charge is -2.16. The third-order valence-corrected chi connectivity index (χ3v) is 8.96. The molecule has 0 spiro atoms. The molecule has 0 amide bonds. The van der Waals surface area contributed by atoms with Gasteiger partial charge < -0.3 is 14.9 Å². The van der Waals surface area contributed by atoms with Gasteiger partial charge in [-0.05, 0) is 60.1 Å². The predicted octanol–water partition coefficient (Wildman–Crippen LogP) is 8.26. The van der Waals surface area contributed by atoms with Crippen molar-refractivity contribution in [2.24, 2.45) is 0 Å². The van der Waals surface area contributed by atoms with Crippen molar-refractivity contribution in [2.75, 3.05) is 0 Å². The summed E-state index contributed by atoms with van der Waals surface area (Å²) >= 11 is 0. The van der Waals surface area contributed by atoms with E-state index in [9.17, 15) is 19.8 Å². The van der Waals surface area contributed by atoms with Gasteiger partial charge in [-0.1, -0.05) is 103 Å². The fourth-order valence-electron chi connectivity index (χ4n) is 6.55. The number of carbonyl (C=O) groups excluding carboxylic acids is 2. The maximum Gasteiger partial charge on any atom is 0.195 e. The molecule has 0 bridgehead atoms. The summed E-state index contributed by atoms with van der Waals surface area (Å²) < 4.78 is 6.31. The fourth-order valence-corrected chi connectivity index (χ4v) is 6.55. The van der Waals surface area contributed by atoms with Crippen molar-refractivity contribution in [3.63, 3.8) is 0 Å². The van der Waals surface area contributed by atoms with E-state index in [2.05, 4.69) is 13.8 Å². The van der Waals surface area contributed by atoms with Crippen LogP contribution in [0.25, 0.3) is 0 Å². The van der Waals surface area contributed by atoms with Gasteiger partial charge in [0.1, 0.15) is 23.7 Å². The molecule has 0 aromatic heterocycles. The van der Waals surface area contributed by atoms with E-state index in [1.54, 1.807) is 0 Å². The summed E-state index contributed by atoms with van der Waals surface area (Å²) in [5, 5.41) is 20.9. The minimum absolute atomic E-state index is 0.310. The minimum Gasteiger partial charge on any atom is -0.456 e. The van der Waals surface area contributed by atoms with E-state index in [0.717, 1.165) is 60.8 Å². The normalized spacial score (nSPS) is 17.8. The number of ether oxygens (including phenoxy) is 1. The zero-order chi connectivity index (χ0) is 29.2. The first-order valence-corrected chi connectivity index (χ1v) is 16.4. The van der Waals surface area contributed by atoms with E-state index in [1.807, 2.05) is 24.3 Å². The molecule has 5 nitrogen and oxygen atoms in total.